The van der Waals surface area contributed by atoms with Gasteiger partial charge in [-0.1, -0.05) is 12.1 Å². The van der Waals surface area contributed by atoms with Crippen molar-refractivity contribution in [1.29, 1.82) is 0 Å². The van der Waals surface area contributed by atoms with Gasteiger partial charge in [0.1, 0.15) is 0 Å². The number of nitrogens with one attached hydrogen (secondary N) is 2. The van der Waals surface area contributed by atoms with Gasteiger partial charge in [-0.3, -0.25) is 4.72 Å². The minimum atomic E-state index is -3.74. The summed E-state index contributed by atoms with van der Waals surface area (Å²) < 4.78 is 54.5. The summed E-state index contributed by atoms with van der Waals surface area (Å²) in [6, 6.07) is 10.9. The molecule has 134 valence electrons. The molecule has 0 amide bonds. The molecule has 0 saturated heterocycles. The lowest BCUT2D eigenvalue weighted by Gasteiger charge is -2.12. The number of hydrogen-bond donors (Lipinski definition) is 2. The van der Waals surface area contributed by atoms with E-state index < -0.39 is 20.0 Å². The lowest BCUT2D eigenvalue weighted by molar-refractivity contribution is 0.581. The van der Waals surface area contributed by atoms with Crippen molar-refractivity contribution >= 4 is 25.7 Å². The number of aryl methyl sites for hydroxylation is 2. The van der Waals surface area contributed by atoms with E-state index in [2.05, 4.69) is 9.44 Å². The summed E-state index contributed by atoms with van der Waals surface area (Å²) in [6.45, 7) is 3.55. The Balaban J connectivity index is 1.82. The maximum Gasteiger partial charge on any atom is 0.262 e. The first kappa shape index (κ1) is 17.9. The van der Waals surface area contributed by atoms with E-state index in [0.29, 0.717) is 11.3 Å². The molecule has 8 heteroatoms. The van der Waals surface area contributed by atoms with Gasteiger partial charge in [0.15, 0.2) is 0 Å². The average Bonchev–Trinajstić information content (AvgIpc) is 3.33. The fraction of sp³-hybridized carbons (Fsp3) is 0.294. The Morgan fingerprint density at radius 2 is 1.52 bits per heavy atom. The molecule has 1 aliphatic carbocycles. The molecule has 3 rings (SSSR count). The third kappa shape index (κ3) is 4.20. The highest BCUT2D eigenvalue weighted by molar-refractivity contribution is 7.92. The predicted molar refractivity (Wildman–Crippen MR) is 96.5 cm³/mol. The molecule has 2 aromatic rings. The Kier molecular flexibility index (Phi) is 4.61. The summed E-state index contributed by atoms with van der Waals surface area (Å²) >= 11 is 0. The Morgan fingerprint density at radius 3 is 2.12 bits per heavy atom. The molecule has 1 aliphatic rings. The Hall–Kier alpha value is -1.90. The van der Waals surface area contributed by atoms with Crippen molar-refractivity contribution in [2.45, 2.75) is 42.5 Å². The zero-order chi connectivity index (χ0) is 18.2. The highest BCUT2D eigenvalue weighted by Crippen LogP contribution is 2.24. The van der Waals surface area contributed by atoms with E-state index in [-0.39, 0.29) is 15.8 Å². The SMILES string of the molecule is Cc1ccc(C)c(S(=O)(=O)Nc2ccc(S(=O)(=O)NC3CC3)cc2)c1. The number of anilines is 1. The van der Waals surface area contributed by atoms with Crippen molar-refractivity contribution in [2.24, 2.45) is 0 Å². The standard InChI is InChI=1S/C17H20N2O4S2/c1-12-3-4-13(2)17(11-12)25(22,23)19-15-7-9-16(10-8-15)24(20,21)18-14-5-6-14/h3-4,7-11,14,18-19H,5-6H2,1-2H3. The molecule has 2 aromatic carbocycles. The van der Waals surface area contributed by atoms with Gasteiger partial charge in [0.25, 0.3) is 10.0 Å². The topological polar surface area (TPSA) is 92.3 Å². The molecular weight excluding hydrogens is 360 g/mol. The Labute approximate surface area is 148 Å². The minimum absolute atomic E-state index is 0.0208. The van der Waals surface area contributed by atoms with Crippen LogP contribution in [0.15, 0.2) is 52.3 Å². The van der Waals surface area contributed by atoms with E-state index in [9.17, 15) is 16.8 Å². The Bertz CT molecular complexity index is 993. The molecule has 0 aromatic heterocycles. The molecule has 0 unspecified atom stereocenters. The van der Waals surface area contributed by atoms with E-state index in [0.717, 1.165) is 18.4 Å². The first-order valence-electron chi connectivity index (χ1n) is 7.90. The second-order valence-corrected chi connectivity index (χ2v) is 9.66. The average molecular weight is 380 g/mol. The number of rotatable bonds is 6. The van der Waals surface area contributed by atoms with Gasteiger partial charge in [-0.15, -0.1) is 0 Å². The highest BCUT2D eigenvalue weighted by atomic mass is 32.2. The van der Waals surface area contributed by atoms with Crippen molar-refractivity contribution in [1.82, 2.24) is 4.72 Å². The summed E-state index contributed by atoms with van der Waals surface area (Å²) in [5.74, 6) is 0. The maximum atomic E-state index is 12.6. The maximum absolute atomic E-state index is 12.6. The second-order valence-electron chi connectivity index (χ2n) is 6.29. The van der Waals surface area contributed by atoms with E-state index in [1.807, 2.05) is 13.0 Å². The molecule has 6 nitrogen and oxygen atoms in total. The molecule has 0 aliphatic heterocycles. The molecule has 0 spiro atoms. The second kappa shape index (κ2) is 6.44. The van der Waals surface area contributed by atoms with E-state index >= 15 is 0 Å². The highest BCUT2D eigenvalue weighted by Gasteiger charge is 2.28. The summed E-state index contributed by atoms with van der Waals surface area (Å²) in [4.78, 5) is 0.327. The molecular formula is C17H20N2O4S2. The first-order valence-corrected chi connectivity index (χ1v) is 10.9. The third-order valence-electron chi connectivity index (χ3n) is 3.95. The van der Waals surface area contributed by atoms with Crippen LogP contribution >= 0.6 is 0 Å². The van der Waals surface area contributed by atoms with Crippen LogP contribution in [0, 0.1) is 13.8 Å². The van der Waals surface area contributed by atoms with Gasteiger partial charge in [-0.25, -0.2) is 21.6 Å². The first-order chi connectivity index (χ1) is 11.7. The van der Waals surface area contributed by atoms with Crippen molar-refractivity contribution in [3.63, 3.8) is 0 Å². The normalized spacial score (nSPS) is 15.1. The van der Waals surface area contributed by atoms with Gasteiger partial charge in [0, 0.05) is 11.7 Å². The molecule has 0 heterocycles. The van der Waals surface area contributed by atoms with Crippen LogP contribution in [-0.2, 0) is 20.0 Å². The van der Waals surface area contributed by atoms with Crippen LogP contribution < -0.4 is 9.44 Å². The van der Waals surface area contributed by atoms with Crippen LogP contribution in [0.1, 0.15) is 24.0 Å². The quantitative estimate of drug-likeness (QED) is 0.805. The van der Waals surface area contributed by atoms with Crippen LogP contribution in [0.3, 0.4) is 0 Å². The van der Waals surface area contributed by atoms with Crippen molar-refractivity contribution in [3.8, 4) is 0 Å². The minimum Gasteiger partial charge on any atom is -0.280 e. The van der Waals surface area contributed by atoms with E-state index in [1.165, 1.54) is 24.3 Å². The van der Waals surface area contributed by atoms with Crippen LogP contribution in [0.25, 0.3) is 0 Å². The lowest BCUT2D eigenvalue weighted by Crippen LogP contribution is -2.25. The van der Waals surface area contributed by atoms with E-state index in [4.69, 9.17) is 0 Å². The molecule has 0 radical (unpaired) electrons. The monoisotopic (exact) mass is 380 g/mol. The summed E-state index contributed by atoms with van der Waals surface area (Å²) in [5, 5.41) is 0. The smallest absolute Gasteiger partial charge is 0.262 e. The Morgan fingerprint density at radius 1 is 0.880 bits per heavy atom. The number of benzene rings is 2. The lowest BCUT2D eigenvalue weighted by atomic mass is 10.2. The van der Waals surface area contributed by atoms with Crippen molar-refractivity contribution in [2.75, 3.05) is 4.72 Å². The van der Waals surface area contributed by atoms with Gasteiger partial charge in [-0.2, -0.15) is 0 Å². The largest absolute Gasteiger partial charge is 0.280 e. The van der Waals surface area contributed by atoms with Crippen LogP contribution in [0.5, 0.6) is 0 Å². The third-order valence-corrected chi connectivity index (χ3v) is 7.01. The van der Waals surface area contributed by atoms with Gasteiger partial charge < -0.3 is 0 Å². The molecule has 0 bridgehead atoms. The van der Waals surface area contributed by atoms with Gasteiger partial charge in [0.05, 0.1) is 9.79 Å². The fourth-order valence-corrected chi connectivity index (χ4v) is 5.09. The van der Waals surface area contributed by atoms with Gasteiger partial charge in [0.2, 0.25) is 10.0 Å². The van der Waals surface area contributed by atoms with Crippen LogP contribution in [0.2, 0.25) is 0 Å². The zero-order valence-corrected chi connectivity index (χ0v) is 15.6. The van der Waals surface area contributed by atoms with E-state index in [1.54, 1.807) is 19.1 Å². The van der Waals surface area contributed by atoms with Crippen molar-refractivity contribution in [3.05, 3.63) is 53.6 Å². The summed E-state index contributed by atoms with van der Waals surface area (Å²) in [7, 11) is -7.29. The molecule has 25 heavy (non-hydrogen) atoms. The van der Waals surface area contributed by atoms with Crippen LogP contribution in [-0.4, -0.2) is 22.9 Å². The fourth-order valence-electron chi connectivity index (χ4n) is 2.40. The number of hydrogen-bond acceptors (Lipinski definition) is 4. The molecule has 0 atom stereocenters. The zero-order valence-electron chi connectivity index (χ0n) is 14.0. The van der Waals surface area contributed by atoms with Crippen LogP contribution in [0.4, 0.5) is 5.69 Å². The van der Waals surface area contributed by atoms with Gasteiger partial charge in [-0.05, 0) is 68.1 Å². The molecule has 1 saturated carbocycles. The molecule has 2 N–H and O–H groups in total. The summed E-state index contributed by atoms with van der Waals surface area (Å²) in [5.41, 5.74) is 1.80. The summed E-state index contributed by atoms with van der Waals surface area (Å²) in [6.07, 6.45) is 1.71. The molecule has 1 fully saturated rings. The predicted octanol–water partition coefficient (Wildman–Crippen LogP) is 2.54. The van der Waals surface area contributed by atoms with Gasteiger partial charge >= 0.3 is 0 Å². The van der Waals surface area contributed by atoms with Crippen molar-refractivity contribution < 1.29 is 16.8 Å². The number of sulfonamides is 2.